The van der Waals surface area contributed by atoms with E-state index in [-0.39, 0.29) is 28.0 Å². The summed E-state index contributed by atoms with van der Waals surface area (Å²) >= 11 is 5.99. The van der Waals surface area contributed by atoms with Crippen LogP contribution in [0.4, 0.5) is 0 Å². The molecule has 0 fully saturated rings. The lowest BCUT2D eigenvalue weighted by molar-refractivity contribution is -0.131. The first kappa shape index (κ1) is 15.3. The first-order chi connectivity index (χ1) is 8.84. The van der Waals surface area contributed by atoms with Crippen LogP contribution in [-0.4, -0.2) is 31.1 Å². The SMILES string of the molecule is COc1c(Cl)cc(C(=O)C(=O)O)c(C(C)C)c1OC. The second-order valence-corrected chi connectivity index (χ2v) is 4.58. The third-order valence-electron chi connectivity index (χ3n) is 2.65. The molecule has 1 aromatic rings. The molecule has 1 rings (SSSR count). The minimum Gasteiger partial charge on any atom is -0.492 e. The van der Waals surface area contributed by atoms with Crippen molar-refractivity contribution < 1.29 is 24.2 Å². The predicted molar refractivity (Wildman–Crippen MR) is 70.6 cm³/mol. The summed E-state index contributed by atoms with van der Waals surface area (Å²) < 4.78 is 10.4. The first-order valence-corrected chi connectivity index (χ1v) is 5.94. The van der Waals surface area contributed by atoms with Gasteiger partial charge in [0.25, 0.3) is 5.78 Å². The third-order valence-corrected chi connectivity index (χ3v) is 2.93. The van der Waals surface area contributed by atoms with Crippen molar-refractivity contribution >= 4 is 23.4 Å². The van der Waals surface area contributed by atoms with Crippen LogP contribution in [0.5, 0.6) is 11.5 Å². The highest BCUT2D eigenvalue weighted by Gasteiger charge is 2.27. The van der Waals surface area contributed by atoms with Crippen molar-refractivity contribution in [3.63, 3.8) is 0 Å². The normalized spacial score (nSPS) is 10.4. The van der Waals surface area contributed by atoms with Gasteiger partial charge in [0.05, 0.1) is 19.2 Å². The molecule has 0 unspecified atom stereocenters. The predicted octanol–water partition coefficient (Wildman–Crippen LogP) is 2.75. The van der Waals surface area contributed by atoms with E-state index in [2.05, 4.69) is 0 Å². The summed E-state index contributed by atoms with van der Waals surface area (Å²) in [6, 6.07) is 1.30. The molecule has 0 aliphatic heterocycles. The quantitative estimate of drug-likeness (QED) is 0.665. The van der Waals surface area contributed by atoms with Crippen molar-refractivity contribution in [1.82, 2.24) is 0 Å². The molecule has 0 aromatic heterocycles. The number of Topliss-reactive ketones (excluding diaryl/α,β-unsaturated/α-hetero) is 1. The van der Waals surface area contributed by atoms with Gasteiger partial charge in [-0.15, -0.1) is 0 Å². The fourth-order valence-corrected chi connectivity index (χ4v) is 2.16. The van der Waals surface area contributed by atoms with Gasteiger partial charge in [0.15, 0.2) is 11.5 Å². The number of benzene rings is 1. The highest BCUT2D eigenvalue weighted by atomic mass is 35.5. The molecule has 0 atom stereocenters. The molecule has 0 bridgehead atoms. The van der Waals surface area contributed by atoms with E-state index >= 15 is 0 Å². The van der Waals surface area contributed by atoms with E-state index in [9.17, 15) is 9.59 Å². The molecule has 0 aliphatic carbocycles. The summed E-state index contributed by atoms with van der Waals surface area (Å²) in [5.41, 5.74) is 0.487. The zero-order valence-electron chi connectivity index (χ0n) is 11.1. The van der Waals surface area contributed by atoms with Crippen molar-refractivity contribution in [3.05, 3.63) is 22.2 Å². The number of halogens is 1. The maximum absolute atomic E-state index is 11.7. The molecule has 6 heteroatoms. The van der Waals surface area contributed by atoms with E-state index < -0.39 is 11.8 Å². The number of carboxylic acids is 1. The Balaban J connectivity index is 3.69. The number of hydrogen-bond acceptors (Lipinski definition) is 4. The first-order valence-electron chi connectivity index (χ1n) is 5.57. The molecule has 0 spiro atoms. The van der Waals surface area contributed by atoms with Gasteiger partial charge in [-0.1, -0.05) is 25.4 Å². The lowest BCUT2D eigenvalue weighted by Gasteiger charge is -2.19. The Kier molecular flexibility index (Phi) is 4.78. The summed E-state index contributed by atoms with van der Waals surface area (Å²) in [6.45, 7) is 3.65. The van der Waals surface area contributed by atoms with Crippen molar-refractivity contribution in [2.24, 2.45) is 0 Å². The van der Waals surface area contributed by atoms with Gasteiger partial charge in [0.1, 0.15) is 0 Å². The van der Waals surface area contributed by atoms with E-state index in [0.717, 1.165) is 0 Å². The van der Waals surface area contributed by atoms with Crippen LogP contribution < -0.4 is 9.47 Å². The minimum atomic E-state index is -1.54. The summed E-state index contributed by atoms with van der Waals surface area (Å²) in [6.07, 6.45) is 0. The van der Waals surface area contributed by atoms with Crippen LogP contribution in [0, 0.1) is 0 Å². The number of aliphatic carboxylic acids is 1. The highest BCUT2D eigenvalue weighted by Crippen LogP contribution is 2.43. The lowest BCUT2D eigenvalue weighted by Crippen LogP contribution is -2.16. The number of rotatable bonds is 5. The highest BCUT2D eigenvalue weighted by molar-refractivity contribution is 6.41. The van der Waals surface area contributed by atoms with Crippen LogP contribution in [0.1, 0.15) is 35.7 Å². The van der Waals surface area contributed by atoms with E-state index in [0.29, 0.717) is 5.56 Å². The average Bonchev–Trinajstić information content (AvgIpc) is 2.35. The largest absolute Gasteiger partial charge is 0.492 e. The van der Waals surface area contributed by atoms with Crippen LogP contribution >= 0.6 is 11.6 Å². The molecule has 0 aliphatic rings. The zero-order valence-corrected chi connectivity index (χ0v) is 11.9. The summed E-state index contributed by atoms with van der Waals surface area (Å²) in [4.78, 5) is 22.6. The molecule has 0 amide bonds. The average molecular weight is 287 g/mol. The summed E-state index contributed by atoms with van der Waals surface area (Å²) in [7, 11) is 2.83. The molecule has 104 valence electrons. The fourth-order valence-electron chi connectivity index (χ4n) is 1.89. The third kappa shape index (κ3) is 2.81. The van der Waals surface area contributed by atoms with Crippen molar-refractivity contribution in [2.45, 2.75) is 19.8 Å². The van der Waals surface area contributed by atoms with Gasteiger partial charge < -0.3 is 14.6 Å². The van der Waals surface area contributed by atoms with Gasteiger partial charge >= 0.3 is 5.97 Å². The summed E-state index contributed by atoms with van der Waals surface area (Å²) in [5, 5.41) is 8.99. The van der Waals surface area contributed by atoms with Crippen molar-refractivity contribution in [1.29, 1.82) is 0 Å². The fraction of sp³-hybridized carbons (Fsp3) is 0.385. The van der Waals surface area contributed by atoms with Gasteiger partial charge in [-0.05, 0) is 12.0 Å². The van der Waals surface area contributed by atoms with Gasteiger partial charge in [0, 0.05) is 11.1 Å². The molecule has 0 radical (unpaired) electrons. The molecule has 1 N–H and O–H groups in total. The maximum atomic E-state index is 11.7. The Hall–Kier alpha value is -1.75. The Morgan fingerprint density at radius 2 is 1.74 bits per heavy atom. The minimum absolute atomic E-state index is 0.0187. The number of methoxy groups -OCH3 is 2. The van der Waals surface area contributed by atoms with E-state index in [1.165, 1.54) is 20.3 Å². The number of ketones is 1. The molecule has 19 heavy (non-hydrogen) atoms. The van der Waals surface area contributed by atoms with Crippen molar-refractivity contribution in [3.8, 4) is 11.5 Å². The standard InChI is InChI=1S/C13H15ClO5/c1-6(2)9-7(10(15)13(16)17)5-8(14)11(18-3)12(9)19-4/h5-6H,1-4H3,(H,16,17). The Morgan fingerprint density at radius 3 is 2.11 bits per heavy atom. The van der Waals surface area contributed by atoms with Crippen LogP contribution in [0.15, 0.2) is 6.07 Å². The van der Waals surface area contributed by atoms with Gasteiger partial charge in [-0.2, -0.15) is 0 Å². The van der Waals surface area contributed by atoms with E-state index in [1.54, 1.807) is 0 Å². The maximum Gasteiger partial charge on any atom is 0.377 e. The van der Waals surface area contributed by atoms with Gasteiger partial charge in [-0.3, -0.25) is 4.79 Å². The second-order valence-electron chi connectivity index (χ2n) is 4.18. The molecule has 0 saturated carbocycles. The van der Waals surface area contributed by atoms with Crippen LogP contribution in [0.25, 0.3) is 0 Å². The smallest absolute Gasteiger partial charge is 0.377 e. The lowest BCUT2D eigenvalue weighted by atomic mass is 9.93. The number of ether oxygens (including phenoxy) is 2. The molecule has 0 heterocycles. The number of carboxylic acid groups (broad SMARTS) is 1. The number of carbonyl (C=O) groups excluding carboxylic acids is 1. The van der Waals surface area contributed by atoms with Crippen LogP contribution in [0.2, 0.25) is 5.02 Å². The topological polar surface area (TPSA) is 72.8 Å². The van der Waals surface area contributed by atoms with Crippen LogP contribution in [-0.2, 0) is 4.79 Å². The van der Waals surface area contributed by atoms with Gasteiger partial charge in [-0.25, -0.2) is 4.79 Å². The second kappa shape index (κ2) is 5.93. The molecular formula is C13H15ClO5. The monoisotopic (exact) mass is 286 g/mol. The zero-order chi connectivity index (χ0) is 14.7. The van der Waals surface area contributed by atoms with E-state index in [1.807, 2.05) is 13.8 Å². The van der Waals surface area contributed by atoms with E-state index in [4.69, 9.17) is 26.2 Å². The molecule has 5 nitrogen and oxygen atoms in total. The molecular weight excluding hydrogens is 272 g/mol. The van der Waals surface area contributed by atoms with Crippen molar-refractivity contribution in [2.75, 3.05) is 14.2 Å². The number of hydrogen-bond donors (Lipinski definition) is 1. The summed E-state index contributed by atoms with van der Waals surface area (Å²) in [5.74, 6) is -2.11. The number of carbonyl (C=O) groups is 2. The Bertz CT molecular complexity index is 522. The van der Waals surface area contributed by atoms with Gasteiger partial charge in [0.2, 0.25) is 0 Å². The molecule has 1 aromatic carbocycles. The molecule has 0 saturated heterocycles. The Labute approximate surface area is 116 Å². The Morgan fingerprint density at radius 1 is 1.21 bits per heavy atom. The van der Waals surface area contributed by atoms with Crippen LogP contribution in [0.3, 0.4) is 0 Å².